The predicted molar refractivity (Wildman–Crippen MR) is 76.8 cm³/mol. The first-order valence-electron chi connectivity index (χ1n) is 6.89. The molecule has 20 heavy (non-hydrogen) atoms. The summed E-state index contributed by atoms with van der Waals surface area (Å²) in [4.78, 5) is 4.32. The van der Waals surface area contributed by atoms with Crippen LogP contribution in [0.15, 0.2) is 30.6 Å². The Kier molecular flexibility index (Phi) is 4.84. The van der Waals surface area contributed by atoms with E-state index in [0.29, 0.717) is 12.3 Å². The maximum atomic E-state index is 13.3. The van der Waals surface area contributed by atoms with Gasteiger partial charge in [0.25, 0.3) is 0 Å². The molecule has 0 radical (unpaired) electrons. The fourth-order valence-corrected chi connectivity index (χ4v) is 2.24. The van der Waals surface area contributed by atoms with Crippen LogP contribution in [-0.2, 0) is 13.0 Å². The van der Waals surface area contributed by atoms with Gasteiger partial charge in [0.1, 0.15) is 18.0 Å². The van der Waals surface area contributed by atoms with Crippen molar-refractivity contribution in [1.29, 1.82) is 0 Å². The van der Waals surface area contributed by atoms with Gasteiger partial charge >= 0.3 is 0 Å². The largest absolute Gasteiger partial charge is 0.313 e. The van der Waals surface area contributed by atoms with Gasteiger partial charge in [0.05, 0.1) is 0 Å². The van der Waals surface area contributed by atoms with Crippen LogP contribution in [-0.4, -0.2) is 21.8 Å². The Balaban J connectivity index is 2.16. The molecule has 0 aliphatic carbocycles. The molecule has 1 aromatic carbocycles. The fraction of sp³-hybridized carbons (Fsp3) is 0.467. The standard InChI is InChI=1S/C15H21FN4/c1-11(2)9-20-15(18-10-19-20)8-14(17-3)12-5-4-6-13(16)7-12/h4-7,10-11,14,17H,8-9H2,1-3H3. The lowest BCUT2D eigenvalue weighted by atomic mass is 10.0. The van der Waals surface area contributed by atoms with E-state index in [2.05, 4.69) is 29.2 Å². The quantitative estimate of drug-likeness (QED) is 0.882. The third-order valence-corrected chi connectivity index (χ3v) is 3.22. The molecule has 1 heterocycles. The maximum absolute atomic E-state index is 13.3. The second kappa shape index (κ2) is 6.61. The van der Waals surface area contributed by atoms with Crippen LogP contribution in [0.3, 0.4) is 0 Å². The van der Waals surface area contributed by atoms with E-state index < -0.39 is 0 Å². The monoisotopic (exact) mass is 276 g/mol. The molecular weight excluding hydrogens is 255 g/mol. The molecule has 1 unspecified atom stereocenters. The molecule has 108 valence electrons. The summed E-state index contributed by atoms with van der Waals surface area (Å²) in [6.07, 6.45) is 2.27. The van der Waals surface area contributed by atoms with Crippen LogP contribution in [0.5, 0.6) is 0 Å². The fourth-order valence-electron chi connectivity index (χ4n) is 2.24. The number of rotatable bonds is 6. The number of nitrogens with zero attached hydrogens (tertiary/aromatic N) is 3. The van der Waals surface area contributed by atoms with Crippen molar-refractivity contribution in [2.24, 2.45) is 5.92 Å². The lowest BCUT2D eigenvalue weighted by Crippen LogP contribution is -2.22. The van der Waals surface area contributed by atoms with Gasteiger partial charge in [-0.3, -0.25) is 0 Å². The van der Waals surface area contributed by atoms with E-state index in [0.717, 1.165) is 17.9 Å². The van der Waals surface area contributed by atoms with Crippen molar-refractivity contribution >= 4 is 0 Å². The topological polar surface area (TPSA) is 42.7 Å². The zero-order valence-corrected chi connectivity index (χ0v) is 12.2. The van der Waals surface area contributed by atoms with Crippen LogP contribution in [0, 0.1) is 11.7 Å². The average Bonchev–Trinajstić information content (AvgIpc) is 2.82. The molecule has 2 rings (SSSR count). The first kappa shape index (κ1) is 14.7. The first-order chi connectivity index (χ1) is 9.60. The van der Waals surface area contributed by atoms with E-state index in [4.69, 9.17) is 0 Å². The molecule has 2 aromatic rings. The Morgan fingerprint density at radius 3 is 2.80 bits per heavy atom. The number of hydrogen-bond acceptors (Lipinski definition) is 3. The van der Waals surface area contributed by atoms with Crippen LogP contribution in [0.2, 0.25) is 0 Å². The normalized spacial score (nSPS) is 12.8. The summed E-state index contributed by atoms with van der Waals surface area (Å²) in [5.74, 6) is 1.21. The lowest BCUT2D eigenvalue weighted by Gasteiger charge is -2.17. The van der Waals surface area contributed by atoms with Gasteiger partial charge in [0, 0.05) is 19.0 Å². The van der Waals surface area contributed by atoms with Crippen molar-refractivity contribution in [3.05, 3.63) is 47.8 Å². The van der Waals surface area contributed by atoms with Crippen LogP contribution in [0.25, 0.3) is 0 Å². The first-order valence-corrected chi connectivity index (χ1v) is 6.89. The molecule has 1 N–H and O–H groups in total. The molecule has 0 aliphatic rings. The molecule has 0 saturated heterocycles. The molecule has 0 fully saturated rings. The molecule has 5 heteroatoms. The summed E-state index contributed by atoms with van der Waals surface area (Å²) in [7, 11) is 1.87. The minimum absolute atomic E-state index is 0.0285. The van der Waals surface area contributed by atoms with Gasteiger partial charge < -0.3 is 5.32 Å². The van der Waals surface area contributed by atoms with Crippen molar-refractivity contribution in [1.82, 2.24) is 20.1 Å². The highest BCUT2D eigenvalue weighted by atomic mass is 19.1. The van der Waals surface area contributed by atoms with E-state index in [1.807, 2.05) is 17.8 Å². The van der Waals surface area contributed by atoms with Crippen LogP contribution in [0.4, 0.5) is 4.39 Å². The van der Waals surface area contributed by atoms with Gasteiger partial charge in [-0.05, 0) is 30.7 Å². The van der Waals surface area contributed by atoms with Crippen LogP contribution in [0.1, 0.15) is 31.3 Å². The number of likely N-dealkylation sites (N-methyl/N-ethyl adjacent to an activating group) is 1. The van der Waals surface area contributed by atoms with E-state index in [1.165, 1.54) is 6.07 Å². The zero-order chi connectivity index (χ0) is 14.5. The van der Waals surface area contributed by atoms with Crippen molar-refractivity contribution in [3.63, 3.8) is 0 Å². The van der Waals surface area contributed by atoms with Gasteiger partial charge in [0.15, 0.2) is 0 Å². The predicted octanol–water partition coefficient (Wildman–Crippen LogP) is 2.58. The zero-order valence-electron chi connectivity index (χ0n) is 12.2. The van der Waals surface area contributed by atoms with E-state index in [9.17, 15) is 4.39 Å². The molecular formula is C15H21FN4. The van der Waals surface area contributed by atoms with Gasteiger partial charge in [-0.1, -0.05) is 26.0 Å². The molecule has 0 spiro atoms. The van der Waals surface area contributed by atoms with Crippen molar-refractivity contribution in [2.45, 2.75) is 32.9 Å². The summed E-state index contributed by atoms with van der Waals surface area (Å²) in [5, 5.41) is 7.48. The number of benzene rings is 1. The summed E-state index contributed by atoms with van der Waals surface area (Å²) in [6.45, 7) is 5.14. The van der Waals surface area contributed by atoms with Gasteiger partial charge in [-0.15, -0.1) is 0 Å². The maximum Gasteiger partial charge on any atom is 0.138 e. The average molecular weight is 276 g/mol. The van der Waals surface area contributed by atoms with E-state index >= 15 is 0 Å². The lowest BCUT2D eigenvalue weighted by molar-refractivity contribution is 0.451. The third kappa shape index (κ3) is 3.63. The minimum atomic E-state index is -0.216. The van der Waals surface area contributed by atoms with Crippen molar-refractivity contribution in [2.75, 3.05) is 7.05 Å². The third-order valence-electron chi connectivity index (χ3n) is 3.22. The molecule has 0 saturated carbocycles. The highest BCUT2D eigenvalue weighted by Gasteiger charge is 2.15. The second-order valence-electron chi connectivity index (χ2n) is 5.35. The number of aromatic nitrogens is 3. The number of nitrogens with one attached hydrogen (secondary N) is 1. The van der Waals surface area contributed by atoms with Crippen molar-refractivity contribution in [3.8, 4) is 0 Å². The molecule has 1 atom stereocenters. The Morgan fingerprint density at radius 1 is 1.35 bits per heavy atom. The summed E-state index contributed by atoms with van der Waals surface area (Å²) in [5.41, 5.74) is 0.923. The molecule has 1 aromatic heterocycles. The van der Waals surface area contributed by atoms with Gasteiger partial charge in [-0.25, -0.2) is 14.1 Å². The van der Waals surface area contributed by atoms with Gasteiger partial charge in [-0.2, -0.15) is 5.10 Å². The van der Waals surface area contributed by atoms with Crippen LogP contribution < -0.4 is 5.32 Å². The minimum Gasteiger partial charge on any atom is -0.313 e. The Bertz CT molecular complexity index is 550. The summed E-state index contributed by atoms with van der Waals surface area (Å²) < 4.78 is 15.3. The second-order valence-corrected chi connectivity index (χ2v) is 5.35. The summed E-state index contributed by atoms with van der Waals surface area (Å²) >= 11 is 0. The molecule has 0 amide bonds. The van der Waals surface area contributed by atoms with Crippen molar-refractivity contribution < 1.29 is 4.39 Å². The smallest absolute Gasteiger partial charge is 0.138 e. The Labute approximate surface area is 119 Å². The highest BCUT2D eigenvalue weighted by Crippen LogP contribution is 2.18. The Morgan fingerprint density at radius 2 is 2.15 bits per heavy atom. The molecule has 0 bridgehead atoms. The Hall–Kier alpha value is -1.75. The molecule has 4 nitrogen and oxygen atoms in total. The summed E-state index contributed by atoms with van der Waals surface area (Å²) in [6, 6.07) is 6.70. The number of hydrogen-bond donors (Lipinski definition) is 1. The van der Waals surface area contributed by atoms with Crippen LogP contribution >= 0.6 is 0 Å². The van der Waals surface area contributed by atoms with E-state index in [1.54, 1.807) is 18.5 Å². The SMILES string of the molecule is CNC(Cc1ncnn1CC(C)C)c1cccc(F)c1. The molecule has 0 aliphatic heterocycles. The highest BCUT2D eigenvalue weighted by molar-refractivity contribution is 5.21. The van der Waals surface area contributed by atoms with Gasteiger partial charge in [0.2, 0.25) is 0 Å². The van der Waals surface area contributed by atoms with E-state index in [-0.39, 0.29) is 11.9 Å². The number of halogens is 1.